The Bertz CT molecular complexity index is 411. The minimum Gasteiger partial charge on any atom is -0.478 e. The average Bonchev–Trinajstić information content (AvgIpc) is 2.78. The van der Waals surface area contributed by atoms with Gasteiger partial charge in [0.05, 0.1) is 5.56 Å². The van der Waals surface area contributed by atoms with Crippen molar-refractivity contribution in [2.75, 3.05) is 6.54 Å². The van der Waals surface area contributed by atoms with Crippen LogP contribution in [0, 0.1) is 5.92 Å². The fourth-order valence-corrected chi connectivity index (χ4v) is 2.79. The maximum Gasteiger partial charge on any atom is 0.335 e. The molecule has 0 amide bonds. The van der Waals surface area contributed by atoms with E-state index >= 15 is 0 Å². The normalized spacial score (nSPS) is 20.5. The third-order valence-electron chi connectivity index (χ3n) is 3.77. The van der Waals surface area contributed by atoms with E-state index in [1.54, 1.807) is 12.1 Å². The molecule has 0 radical (unpaired) electrons. The van der Waals surface area contributed by atoms with Gasteiger partial charge in [0.15, 0.2) is 0 Å². The van der Waals surface area contributed by atoms with Gasteiger partial charge < -0.3 is 5.11 Å². The standard InChI is InChI=1S/C15H21NO2/c1-11(2)14-4-3-9-16(14)10-12-5-7-13(8-6-12)15(17)18/h5-8,11,14H,3-4,9-10H2,1-2H3,(H,17,18). The summed E-state index contributed by atoms with van der Waals surface area (Å²) >= 11 is 0. The van der Waals surface area contributed by atoms with Crippen LogP contribution < -0.4 is 0 Å². The first-order valence-electron chi connectivity index (χ1n) is 6.64. The lowest BCUT2D eigenvalue weighted by Crippen LogP contribution is -2.32. The largest absolute Gasteiger partial charge is 0.478 e. The number of carbonyl (C=O) groups is 1. The maximum absolute atomic E-state index is 10.8. The quantitative estimate of drug-likeness (QED) is 0.889. The molecule has 1 aromatic rings. The molecule has 0 aromatic heterocycles. The SMILES string of the molecule is CC(C)C1CCCN1Cc1ccc(C(=O)O)cc1. The van der Waals surface area contributed by atoms with E-state index in [-0.39, 0.29) is 0 Å². The summed E-state index contributed by atoms with van der Waals surface area (Å²) in [5.41, 5.74) is 1.56. The maximum atomic E-state index is 10.8. The van der Waals surface area contributed by atoms with Crippen molar-refractivity contribution in [2.45, 2.75) is 39.3 Å². The van der Waals surface area contributed by atoms with E-state index in [0.29, 0.717) is 17.5 Å². The summed E-state index contributed by atoms with van der Waals surface area (Å²) in [7, 11) is 0. The monoisotopic (exact) mass is 247 g/mol. The lowest BCUT2D eigenvalue weighted by atomic mass is 10.0. The highest BCUT2D eigenvalue weighted by molar-refractivity contribution is 5.87. The van der Waals surface area contributed by atoms with Crippen LogP contribution in [0.1, 0.15) is 42.6 Å². The minimum atomic E-state index is -0.859. The van der Waals surface area contributed by atoms with Crippen molar-refractivity contribution in [3.05, 3.63) is 35.4 Å². The summed E-state index contributed by atoms with van der Waals surface area (Å²) in [6, 6.07) is 7.92. The van der Waals surface area contributed by atoms with Crippen LogP contribution in [0.3, 0.4) is 0 Å². The third kappa shape index (κ3) is 2.91. The van der Waals surface area contributed by atoms with Gasteiger partial charge in [-0.25, -0.2) is 4.79 Å². The highest BCUT2D eigenvalue weighted by Gasteiger charge is 2.26. The van der Waals surface area contributed by atoms with Crippen LogP contribution in [-0.4, -0.2) is 28.6 Å². The first kappa shape index (κ1) is 13.1. The van der Waals surface area contributed by atoms with Crippen LogP contribution in [0.25, 0.3) is 0 Å². The topological polar surface area (TPSA) is 40.5 Å². The van der Waals surface area contributed by atoms with Crippen LogP contribution in [0.4, 0.5) is 0 Å². The van der Waals surface area contributed by atoms with Crippen molar-refractivity contribution >= 4 is 5.97 Å². The molecule has 2 rings (SSSR count). The van der Waals surface area contributed by atoms with Gasteiger partial charge in [-0.3, -0.25) is 4.90 Å². The van der Waals surface area contributed by atoms with Gasteiger partial charge in [0.1, 0.15) is 0 Å². The van der Waals surface area contributed by atoms with Gasteiger partial charge in [-0.2, -0.15) is 0 Å². The Morgan fingerprint density at radius 1 is 1.39 bits per heavy atom. The number of likely N-dealkylation sites (tertiary alicyclic amines) is 1. The molecule has 98 valence electrons. The second-order valence-corrected chi connectivity index (χ2v) is 5.43. The predicted octanol–water partition coefficient (Wildman–Crippen LogP) is 3.01. The van der Waals surface area contributed by atoms with E-state index in [1.165, 1.54) is 18.4 Å². The zero-order chi connectivity index (χ0) is 13.1. The molecule has 3 heteroatoms. The Kier molecular flexibility index (Phi) is 4.02. The summed E-state index contributed by atoms with van der Waals surface area (Å²) in [6.07, 6.45) is 2.56. The fraction of sp³-hybridized carbons (Fsp3) is 0.533. The first-order chi connectivity index (χ1) is 8.58. The molecule has 0 aliphatic carbocycles. The second-order valence-electron chi connectivity index (χ2n) is 5.43. The van der Waals surface area contributed by atoms with Crippen molar-refractivity contribution in [1.29, 1.82) is 0 Å². The van der Waals surface area contributed by atoms with Gasteiger partial charge in [-0.1, -0.05) is 26.0 Å². The van der Waals surface area contributed by atoms with E-state index in [1.807, 2.05) is 12.1 Å². The van der Waals surface area contributed by atoms with E-state index in [0.717, 1.165) is 13.1 Å². The zero-order valence-corrected chi connectivity index (χ0v) is 11.1. The molecule has 18 heavy (non-hydrogen) atoms. The van der Waals surface area contributed by atoms with Gasteiger partial charge in [0.2, 0.25) is 0 Å². The number of rotatable bonds is 4. The molecule has 0 saturated carbocycles. The summed E-state index contributed by atoms with van der Waals surface area (Å²) < 4.78 is 0. The predicted molar refractivity (Wildman–Crippen MR) is 71.7 cm³/mol. The van der Waals surface area contributed by atoms with Crippen molar-refractivity contribution < 1.29 is 9.90 Å². The average molecular weight is 247 g/mol. The summed E-state index contributed by atoms with van der Waals surface area (Å²) in [6.45, 7) is 6.64. The lowest BCUT2D eigenvalue weighted by Gasteiger charge is -2.27. The summed E-state index contributed by atoms with van der Waals surface area (Å²) in [5.74, 6) is -0.173. The molecule has 1 aliphatic rings. The van der Waals surface area contributed by atoms with Crippen LogP contribution in [0.5, 0.6) is 0 Å². The van der Waals surface area contributed by atoms with E-state index < -0.39 is 5.97 Å². The third-order valence-corrected chi connectivity index (χ3v) is 3.77. The molecular formula is C15H21NO2. The van der Waals surface area contributed by atoms with E-state index in [9.17, 15) is 4.79 Å². The number of aromatic carboxylic acids is 1. The van der Waals surface area contributed by atoms with Crippen molar-refractivity contribution in [1.82, 2.24) is 4.90 Å². The molecule has 1 fully saturated rings. The van der Waals surface area contributed by atoms with Gasteiger partial charge in [-0.15, -0.1) is 0 Å². The van der Waals surface area contributed by atoms with Crippen LogP contribution in [-0.2, 0) is 6.54 Å². The Balaban J connectivity index is 2.02. The Hall–Kier alpha value is -1.35. The minimum absolute atomic E-state index is 0.362. The number of hydrogen-bond acceptors (Lipinski definition) is 2. The van der Waals surface area contributed by atoms with E-state index in [4.69, 9.17) is 5.11 Å². The molecule has 1 heterocycles. The van der Waals surface area contributed by atoms with Crippen LogP contribution in [0.15, 0.2) is 24.3 Å². The smallest absolute Gasteiger partial charge is 0.335 e. The zero-order valence-electron chi connectivity index (χ0n) is 11.1. The molecule has 1 aromatic carbocycles. The Labute approximate surface area is 108 Å². The van der Waals surface area contributed by atoms with Crippen LogP contribution >= 0.6 is 0 Å². The molecule has 1 aliphatic heterocycles. The molecule has 1 saturated heterocycles. The molecule has 1 unspecified atom stereocenters. The highest BCUT2D eigenvalue weighted by Crippen LogP contribution is 2.25. The van der Waals surface area contributed by atoms with Gasteiger partial charge in [-0.05, 0) is 43.0 Å². The number of benzene rings is 1. The molecule has 1 atom stereocenters. The summed E-state index contributed by atoms with van der Waals surface area (Å²) in [5, 5.41) is 8.86. The lowest BCUT2D eigenvalue weighted by molar-refractivity contribution is 0.0697. The molecule has 0 bridgehead atoms. The van der Waals surface area contributed by atoms with Crippen molar-refractivity contribution in [3.8, 4) is 0 Å². The molecule has 1 N–H and O–H groups in total. The van der Waals surface area contributed by atoms with E-state index in [2.05, 4.69) is 18.7 Å². The number of nitrogens with zero attached hydrogens (tertiary/aromatic N) is 1. The van der Waals surface area contributed by atoms with Gasteiger partial charge >= 0.3 is 5.97 Å². The Morgan fingerprint density at radius 2 is 2.06 bits per heavy atom. The fourth-order valence-electron chi connectivity index (χ4n) is 2.79. The Morgan fingerprint density at radius 3 is 2.61 bits per heavy atom. The molecule has 0 spiro atoms. The highest BCUT2D eigenvalue weighted by atomic mass is 16.4. The first-order valence-corrected chi connectivity index (χ1v) is 6.64. The molecule has 3 nitrogen and oxygen atoms in total. The van der Waals surface area contributed by atoms with Gasteiger partial charge in [0, 0.05) is 12.6 Å². The van der Waals surface area contributed by atoms with Crippen molar-refractivity contribution in [3.63, 3.8) is 0 Å². The van der Waals surface area contributed by atoms with Crippen LogP contribution in [0.2, 0.25) is 0 Å². The molecular weight excluding hydrogens is 226 g/mol. The second kappa shape index (κ2) is 5.53. The number of carboxylic acids is 1. The number of carboxylic acid groups (broad SMARTS) is 1. The number of hydrogen-bond donors (Lipinski definition) is 1. The van der Waals surface area contributed by atoms with Crippen molar-refractivity contribution in [2.24, 2.45) is 5.92 Å². The van der Waals surface area contributed by atoms with Gasteiger partial charge in [0.25, 0.3) is 0 Å². The summed E-state index contributed by atoms with van der Waals surface area (Å²) in [4.78, 5) is 13.3.